The van der Waals surface area contributed by atoms with Crippen molar-refractivity contribution in [3.63, 3.8) is 0 Å². The van der Waals surface area contributed by atoms with Crippen molar-refractivity contribution in [2.75, 3.05) is 31.2 Å². The van der Waals surface area contributed by atoms with Gasteiger partial charge in [-0.25, -0.2) is 4.79 Å². The van der Waals surface area contributed by atoms with Crippen LogP contribution in [0.3, 0.4) is 0 Å². The van der Waals surface area contributed by atoms with Gasteiger partial charge in [0.1, 0.15) is 5.60 Å². The second-order valence-corrected chi connectivity index (χ2v) is 8.65. The smallest absolute Gasteiger partial charge is 0.410 e. The normalized spacial score (nSPS) is 23.0. The molecule has 0 radical (unpaired) electrons. The number of methoxy groups -OCH3 is 1. The van der Waals surface area contributed by atoms with Crippen molar-refractivity contribution < 1.29 is 19.0 Å². The number of likely N-dealkylation sites (tertiary alicyclic amines) is 1. The van der Waals surface area contributed by atoms with Crippen LogP contribution in [0.1, 0.15) is 53.9 Å². The van der Waals surface area contributed by atoms with E-state index in [-0.39, 0.29) is 17.3 Å². The Balaban J connectivity index is 2.62. The number of carbonyl (C=O) groups is 1. The molecule has 1 aliphatic rings. The number of piperidine rings is 1. The molecule has 0 saturated carbocycles. The molecule has 0 aliphatic carbocycles. The van der Waals surface area contributed by atoms with Crippen LogP contribution in [0, 0.1) is 0 Å². The first kappa shape index (κ1) is 21.0. The van der Waals surface area contributed by atoms with Crippen LogP contribution in [0.2, 0.25) is 0 Å². The molecule has 5 nitrogen and oxygen atoms in total. The largest absolute Gasteiger partial charge is 0.444 e. The third kappa shape index (κ3) is 7.13. The molecule has 1 amide bonds. The number of rotatable bonds is 6. The summed E-state index contributed by atoms with van der Waals surface area (Å²) >= 11 is 2.36. The average Bonchev–Trinajstić information content (AvgIpc) is 2.45. The fourth-order valence-electron chi connectivity index (χ4n) is 2.46. The van der Waals surface area contributed by atoms with Gasteiger partial charge in [-0.1, -0.05) is 22.6 Å². The molecule has 0 N–H and O–H groups in total. The quantitative estimate of drug-likeness (QED) is 0.462. The lowest BCUT2D eigenvalue weighted by atomic mass is 9.94. The summed E-state index contributed by atoms with van der Waals surface area (Å²) in [6.07, 6.45) is 2.50. The van der Waals surface area contributed by atoms with Gasteiger partial charge in [0.25, 0.3) is 0 Å². The molecule has 0 spiro atoms. The summed E-state index contributed by atoms with van der Waals surface area (Å²) in [6.45, 7) is 11.8. The van der Waals surface area contributed by atoms with Gasteiger partial charge < -0.3 is 19.1 Å². The molecule has 6 heteroatoms. The van der Waals surface area contributed by atoms with E-state index in [0.29, 0.717) is 13.2 Å². The Morgan fingerprint density at radius 2 is 1.91 bits per heavy atom. The SMILES string of the molecule is COC(C)(C)CCOC1(CI)CCCN(C(=O)OC(C)(C)C)C1. The van der Waals surface area contributed by atoms with Crippen LogP contribution >= 0.6 is 22.6 Å². The number of nitrogens with zero attached hydrogens (tertiary/aromatic N) is 1. The van der Waals surface area contributed by atoms with E-state index in [0.717, 1.165) is 30.2 Å². The van der Waals surface area contributed by atoms with E-state index in [1.54, 1.807) is 12.0 Å². The van der Waals surface area contributed by atoms with Crippen LogP contribution in [0.4, 0.5) is 4.79 Å². The van der Waals surface area contributed by atoms with Gasteiger partial charge in [-0.2, -0.15) is 0 Å². The van der Waals surface area contributed by atoms with Gasteiger partial charge in [-0.05, 0) is 53.9 Å². The van der Waals surface area contributed by atoms with Crippen molar-refractivity contribution in [3.8, 4) is 0 Å². The van der Waals surface area contributed by atoms with Crippen LogP contribution < -0.4 is 0 Å². The van der Waals surface area contributed by atoms with Crippen molar-refractivity contribution in [1.82, 2.24) is 4.90 Å². The predicted molar refractivity (Wildman–Crippen MR) is 100 cm³/mol. The van der Waals surface area contributed by atoms with Gasteiger partial charge >= 0.3 is 6.09 Å². The summed E-state index contributed by atoms with van der Waals surface area (Å²) in [5, 5.41) is 0. The molecule has 1 atom stereocenters. The Kier molecular flexibility index (Phi) is 7.60. The summed E-state index contributed by atoms with van der Waals surface area (Å²) in [5.41, 5.74) is -0.934. The third-order valence-corrected chi connectivity index (χ3v) is 5.49. The molecule has 136 valence electrons. The first-order valence-electron chi connectivity index (χ1n) is 8.26. The van der Waals surface area contributed by atoms with Crippen LogP contribution in [0.5, 0.6) is 0 Å². The molecule has 0 aromatic carbocycles. The molecule has 1 aliphatic heterocycles. The van der Waals surface area contributed by atoms with Gasteiger partial charge in [0, 0.05) is 18.1 Å². The van der Waals surface area contributed by atoms with Crippen molar-refractivity contribution in [2.24, 2.45) is 0 Å². The van der Waals surface area contributed by atoms with E-state index in [1.165, 1.54) is 0 Å². The number of hydrogen-bond acceptors (Lipinski definition) is 4. The van der Waals surface area contributed by atoms with Crippen molar-refractivity contribution >= 4 is 28.7 Å². The Morgan fingerprint density at radius 3 is 2.43 bits per heavy atom. The molecular formula is C17H32INO4. The molecule has 1 fully saturated rings. The van der Waals surface area contributed by atoms with Gasteiger partial charge in [0.15, 0.2) is 0 Å². The standard InChI is InChI=1S/C17H32INO4/c1-15(2,3)23-14(20)19-10-7-8-17(12-18,13-19)22-11-9-16(4,5)21-6/h7-13H2,1-6H3. The molecule has 1 heterocycles. The number of amides is 1. The van der Waals surface area contributed by atoms with Crippen LogP contribution in [-0.2, 0) is 14.2 Å². The van der Waals surface area contributed by atoms with Gasteiger partial charge in [0.05, 0.1) is 24.4 Å². The maximum Gasteiger partial charge on any atom is 0.410 e. The van der Waals surface area contributed by atoms with Crippen molar-refractivity contribution in [1.29, 1.82) is 0 Å². The highest BCUT2D eigenvalue weighted by Gasteiger charge is 2.39. The van der Waals surface area contributed by atoms with Gasteiger partial charge in [-0.15, -0.1) is 0 Å². The van der Waals surface area contributed by atoms with Crippen LogP contribution in [0.15, 0.2) is 0 Å². The average molecular weight is 441 g/mol. The minimum atomic E-state index is -0.467. The Labute approximate surface area is 154 Å². The lowest BCUT2D eigenvalue weighted by Gasteiger charge is -2.42. The zero-order chi connectivity index (χ0) is 17.7. The maximum absolute atomic E-state index is 12.3. The molecular weight excluding hydrogens is 409 g/mol. The van der Waals surface area contributed by atoms with Crippen molar-refractivity contribution in [2.45, 2.75) is 70.7 Å². The highest BCUT2D eigenvalue weighted by atomic mass is 127. The lowest BCUT2D eigenvalue weighted by Crippen LogP contribution is -2.54. The highest BCUT2D eigenvalue weighted by molar-refractivity contribution is 14.1. The van der Waals surface area contributed by atoms with E-state index in [4.69, 9.17) is 14.2 Å². The minimum Gasteiger partial charge on any atom is -0.444 e. The Morgan fingerprint density at radius 1 is 1.26 bits per heavy atom. The summed E-state index contributed by atoms with van der Waals surface area (Å²) < 4.78 is 18.0. The van der Waals surface area contributed by atoms with E-state index in [2.05, 4.69) is 36.4 Å². The number of hydrogen-bond donors (Lipinski definition) is 0. The first-order chi connectivity index (χ1) is 10.5. The molecule has 1 unspecified atom stereocenters. The molecule has 1 saturated heterocycles. The molecule has 1 rings (SSSR count). The monoisotopic (exact) mass is 441 g/mol. The van der Waals surface area contributed by atoms with E-state index in [1.807, 2.05) is 20.8 Å². The zero-order valence-electron chi connectivity index (χ0n) is 15.4. The number of ether oxygens (including phenoxy) is 3. The summed E-state index contributed by atoms with van der Waals surface area (Å²) in [7, 11) is 1.72. The van der Waals surface area contributed by atoms with E-state index < -0.39 is 5.60 Å². The second-order valence-electron chi connectivity index (χ2n) is 7.88. The number of carbonyl (C=O) groups excluding carboxylic acids is 1. The molecule has 0 aromatic heterocycles. The Bertz CT molecular complexity index is 395. The molecule has 23 heavy (non-hydrogen) atoms. The van der Waals surface area contributed by atoms with Crippen LogP contribution in [-0.4, -0.2) is 59.0 Å². The predicted octanol–water partition coefficient (Wildman–Crippen LogP) is 4.02. The minimum absolute atomic E-state index is 0.189. The maximum atomic E-state index is 12.3. The third-order valence-electron chi connectivity index (χ3n) is 4.10. The summed E-state index contributed by atoms with van der Waals surface area (Å²) in [4.78, 5) is 14.1. The van der Waals surface area contributed by atoms with Gasteiger partial charge in [-0.3, -0.25) is 0 Å². The first-order valence-corrected chi connectivity index (χ1v) is 9.78. The summed E-state index contributed by atoms with van der Waals surface area (Å²) in [6, 6.07) is 0. The highest BCUT2D eigenvalue weighted by Crippen LogP contribution is 2.29. The lowest BCUT2D eigenvalue weighted by molar-refractivity contribution is -0.0928. The fourth-order valence-corrected chi connectivity index (χ4v) is 3.30. The van der Waals surface area contributed by atoms with Crippen molar-refractivity contribution in [3.05, 3.63) is 0 Å². The van der Waals surface area contributed by atoms with Gasteiger partial charge in [0.2, 0.25) is 0 Å². The molecule has 0 aromatic rings. The topological polar surface area (TPSA) is 48.0 Å². The van der Waals surface area contributed by atoms with Crippen LogP contribution in [0.25, 0.3) is 0 Å². The summed E-state index contributed by atoms with van der Waals surface area (Å²) in [5.74, 6) is 0. The molecule has 0 bridgehead atoms. The zero-order valence-corrected chi connectivity index (χ0v) is 17.6. The fraction of sp³-hybridized carbons (Fsp3) is 0.941. The number of alkyl halides is 1. The van der Waals surface area contributed by atoms with E-state index >= 15 is 0 Å². The number of halogens is 1. The Hall–Kier alpha value is -0.0800. The second kappa shape index (κ2) is 8.34. The van der Waals surface area contributed by atoms with E-state index in [9.17, 15) is 4.79 Å².